The summed E-state index contributed by atoms with van der Waals surface area (Å²) >= 11 is 0. The van der Waals surface area contributed by atoms with Gasteiger partial charge in [0, 0.05) is 0 Å². The molecular weight excluding hydrogens is 165 g/mol. The van der Waals surface area contributed by atoms with Gasteiger partial charge in [-0.3, -0.25) is 9.59 Å². The number of carbonyl (C=O) groups excluding carboxylic acids is 2. The summed E-state index contributed by atoms with van der Waals surface area (Å²) in [5.74, 6) is -0.835. The smallest absolute Gasteiger partial charge is 0.294 e. The molecule has 4 nitrogen and oxygen atoms in total. The highest BCUT2D eigenvalue weighted by molar-refractivity contribution is 7.39. The maximum absolute atomic E-state index is 10.7. The first kappa shape index (κ1) is 10.4. The summed E-state index contributed by atoms with van der Waals surface area (Å²) in [5.41, 5.74) is 0. The topological polar surface area (TPSA) is 69.6 Å². The Labute approximate surface area is 66.2 Å². The molecule has 0 spiro atoms. The molecule has 0 aromatic carbocycles. The van der Waals surface area contributed by atoms with Crippen LogP contribution in [-0.2, 0) is 9.59 Å². The van der Waals surface area contributed by atoms with E-state index in [9.17, 15) is 14.5 Å². The van der Waals surface area contributed by atoms with Crippen LogP contribution in [0.2, 0.25) is 0 Å². The Kier molecular flexibility index (Phi) is 4.83. The summed E-state index contributed by atoms with van der Waals surface area (Å²) in [5, 5.41) is 0. The van der Waals surface area contributed by atoms with Crippen molar-refractivity contribution in [1.29, 1.82) is 0 Å². The van der Waals surface area contributed by atoms with Crippen LogP contribution in [0.4, 0.5) is 0 Å². The fourth-order valence-corrected chi connectivity index (χ4v) is 0.904. The molecule has 0 aliphatic heterocycles. The zero-order valence-electron chi connectivity index (χ0n) is 6.53. The van der Waals surface area contributed by atoms with E-state index in [0.29, 0.717) is 6.16 Å². The predicted octanol–water partition coefficient (Wildman–Crippen LogP) is 0.453. The summed E-state index contributed by atoms with van der Waals surface area (Å²) in [6.07, 6.45) is 0.111. The number of hydrogen-bond acceptors (Lipinski definition) is 3. The average Bonchev–Trinajstić information content (AvgIpc) is 1.85. The van der Waals surface area contributed by atoms with E-state index in [1.165, 1.54) is 6.92 Å². The SMILES string of the molecule is CC[P+]([O-])=NC(=O)CC(C)=O. The minimum Gasteiger partial charge on any atom is -0.612 e. The van der Waals surface area contributed by atoms with Crippen molar-refractivity contribution in [2.45, 2.75) is 20.3 Å². The molecule has 0 aromatic rings. The third kappa shape index (κ3) is 5.83. The molecule has 0 aliphatic carbocycles. The quantitative estimate of drug-likeness (QED) is 0.462. The van der Waals surface area contributed by atoms with Crippen LogP contribution in [0.25, 0.3) is 0 Å². The minimum absolute atomic E-state index is 0.235. The second kappa shape index (κ2) is 5.10. The standard InChI is InChI=1S/C6H10NO3P/c1-3-11(10)7-6(9)4-5(2)8/h3-4H2,1-2H3. The van der Waals surface area contributed by atoms with Crippen LogP contribution in [0.15, 0.2) is 4.74 Å². The molecule has 1 amide bonds. The Balaban J connectivity index is 3.96. The molecule has 5 heteroatoms. The Morgan fingerprint density at radius 3 is 2.45 bits per heavy atom. The molecule has 0 heterocycles. The molecule has 0 bridgehead atoms. The van der Waals surface area contributed by atoms with Gasteiger partial charge in [0.1, 0.15) is 11.9 Å². The van der Waals surface area contributed by atoms with Gasteiger partial charge in [-0.25, -0.2) is 0 Å². The molecule has 0 radical (unpaired) electrons. The van der Waals surface area contributed by atoms with Gasteiger partial charge in [0.05, 0.1) is 6.42 Å². The van der Waals surface area contributed by atoms with Gasteiger partial charge >= 0.3 is 0 Å². The van der Waals surface area contributed by atoms with Crippen molar-refractivity contribution in [3.8, 4) is 0 Å². The fraction of sp³-hybridized carbons (Fsp3) is 0.667. The van der Waals surface area contributed by atoms with E-state index in [0.717, 1.165) is 0 Å². The second-order valence-corrected chi connectivity index (χ2v) is 3.58. The van der Waals surface area contributed by atoms with Crippen molar-refractivity contribution in [2.75, 3.05) is 6.16 Å². The van der Waals surface area contributed by atoms with Crippen LogP contribution in [0.3, 0.4) is 0 Å². The van der Waals surface area contributed by atoms with E-state index in [1.54, 1.807) is 6.92 Å². The number of amides is 1. The van der Waals surface area contributed by atoms with Gasteiger partial charge in [0.2, 0.25) is 0 Å². The van der Waals surface area contributed by atoms with E-state index in [1.807, 2.05) is 0 Å². The lowest BCUT2D eigenvalue weighted by atomic mass is 10.3. The van der Waals surface area contributed by atoms with E-state index in [-0.39, 0.29) is 12.2 Å². The maximum atomic E-state index is 10.7. The molecule has 0 N–H and O–H groups in total. The van der Waals surface area contributed by atoms with Crippen molar-refractivity contribution in [3.63, 3.8) is 0 Å². The molecule has 0 fully saturated rings. The first-order valence-electron chi connectivity index (χ1n) is 3.24. The summed E-state index contributed by atoms with van der Waals surface area (Å²) < 4.78 is 3.29. The monoisotopic (exact) mass is 175 g/mol. The number of hydrogen-bond donors (Lipinski definition) is 0. The lowest BCUT2D eigenvalue weighted by molar-refractivity contribution is -0.155. The molecule has 0 rings (SSSR count). The van der Waals surface area contributed by atoms with Gasteiger partial charge in [-0.1, -0.05) is 0 Å². The van der Waals surface area contributed by atoms with Crippen LogP contribution >= 0.6 is 7.94 Å². The van der Waals surface area contributed by atoms with Gasteiger partial charge in [-0.15, -0.1) is 0 Å². The van der Waals surface area contributed by atoms with Crippen LogP contribution in [0.1, 0.15) is 20.3 Å². The van der Waals surface area contributed by atoms with Crippen LogP contribution in [0, 0.1) is 0 Å². The van der Waals surface area contributed by atoms with Crippen molar-refractivity contribution < 1.29 is 14.5 Å². The number of Topliss-reactive ketones (excluding diaryl/α,β-unsaturated/α-hetero) is 1. The lowest BCUT2D eigenvalue weighted by Gasteiger charge is -1.89. The largest absolute Gasteiger partial charge is 0.612 e. The Hall–Kier alpha value is -0.600. The molecular formula is C6H10NO3P. The molecule has 11 heavy (non-hydrogen) atoms. The first-order chi connectivity index (χ1) is 5.06. The average molecular weight is 175 g/mol. The second-order valence-electron chi connectivity index (χ2n) is 2.04. The Morgan fingerprint density at radius 2 is 2.09 bits per heavy atom. The molecule has 1 unspecified atom stereocenters. The van der Waals surface area contributed by atoms with Crippen molar-refractivity contribution >= 4 is 19.6 Å². The van der Waals surface area contributed by atoms with Crippen molar-refractivity contribution in [1.82, 2.24) is 0 Å². The summed E-state index contributed by atoms with van der Waals surface area (Å²) in [7, 11) is -1.78. The number of carbonyl (C=O) groups is 2. The molecule has 0 saturated heterocycles. The Bertz CT molecular complexity index is 200. The molecule has 62 valence electrons. The van der Waals surface area contributed by atoms with Gasteiger partial charge < -0.3 is 4.89 Å². The summed E-state index contributed by atoms with van der Waals surface area (Å²) in [6, 6.07) is 0. The number of ketones is 1. The van der Waals surface area contributed by atoms with Gasteiger partial charge in [0.25, 0.3) is 5.91 Å². The normalized spacial score (nSPS) is 11.4. The molecule has 1 atom stereocenters. The first-order valence-corrected chi connectivity index (χ1v) is 4.64. The predicted molar refractivity (Wildman–Crippen MR) is 40.2 cm³/mol. The molecule has 0 saturated carbocycles. The third-order valence-corrected chi connectivity index (χ3v) is 1.88. The van der Waals surface area contributed by atoms with Crippen LogP contribution in [-0.4, -0.2) is 17.9 Å². The highest BCUT2D eigenvalue weighted by atomic mass is 31.1. The van der Waals surface area contributed by atoms with Gasteiger partial charge in [-0.2, -0.15) is 0 Å². The van der Waals surface area contributed by atoms with E-state index in [4.69, 9.17) is 0 Å². The maximum Gasteiger partial charge on any atom is 0.294 e. The molecule has 0 aliphatic rings. The fourth-order valence-electron chi connectivity index (χ4n) is 0.443. The van der Waals surface area contributed by atoms with Crippen molar-refractivity contribution in [2.24, 2.45) is 4.74 Å². The lowest BCUT2D eigenvalue weighted by Crippen LogP contribution is -2.01. The number of rotatable bonds is 3. The van der Waals surface area contributed by atoms with Crippen LogP contribution < -0.4 is 4.89 Å². The summed E-state index contributed by atoms with van der Waals surface area (Å²) in [6.45, 7) is 2.97. The minimum atomic E-state index is -1.78. The van der Waals surface area contributed by atoms with Crippen molar-refractivity contribution in [3.05, 3.63) is 0 Å². The number of nitrogens with zero attached hydrogens (tertiary/aromatic N) is 1. The third-order valence-electron chi connectivity index (χ3n) is 0.894. The van der Waals surface area contributed by atoms with E-state index in [2.05, 4.69) is 4.74 Å². The zero-order chi connectivity index (χ0) is 8.85. The van der Waals surface area contributed by atoms with Gasteiger partial charge in [0.15, 0.2) is 7.94 Å². The van der Waals surface area contributed by atoms with Gasteiger partial charge in [-0.05, 0) is 18.6 Å². The van der Waals surface area contributed by atoms with E-state index < -0.39 is 13.8 Å². The molecule has 0 aromatic heterocycles. The highest BCUT2D eigenvalue weighted by Crippen LogP contribution is 2.12. The highest BCUT2D eigenvalue weighted by Gasteiger charge is 2.06. The van der Waals surface area contributed by atoms with Crippen LogP contribution in [0.5, 0.6) is 0 Å². The Morgan fingerprint density at radius 1 is 1.55 bits per heavy atom. The van der Waals surface area contributed by atoms with E-state index >= 15 is 0 Å². The summed E-state index contributed by atoms with van der Waals surface area (Å²) in [4.78, 5) is 31.7. The zero-order valence-corrected chi connectivity index (χ0v) is 7.43.